The van der Waals surface area contributed by atoms with E-state index in [0.29, 0.717) is 10.6 Å². The second kappa shape index (κ2) is 4.92. The third-order valence-corrected chi connectivity index (χ3v) is 4.67. The Morgan fingerprint density at radius 1 is 1.29 bits per heavy atom. The van der Waals surface area contributed by atoms with Crippen LogP contribution in [0.3, 0.4) is 0 Å². The lowest BCUT2D eigenvalue weighted by Crippen LogP contribution is -2.01. The molecule has 1 nitrogen and oxygen atoms in total. The summed E-state index contributed by atoms with van der Waals surface area (Å²) in [6.07, 6.45) is 0. The summed E-state index contributed by atoms with van der Waals surface area (Å²) in [5, 5.41) is 0.556. The van der Waals surface area contributed by atoms with E-state index in [-0.39, 0.29) is 5.78 Å². The van der Waals surface area contributed by atoms with Crippen molar-refractivity contribution in [2.24, 2.45) is 0 Å². The van der Waals surface area contributed by atoms with E-state index in [1.54, 1.807) is 29.5 Å². The van der Waals surface area contributed by atoms with Crippen molar-refractivity contribution < 1.29 is 4.79 Å². The van der Waals surface area contributed by atoms with Crippen molar-refractivity contribution in [2.75, 3.05) is 0 Å². The summed E-state index contributed by atoms with van der Waals surface area (Å²) in [6.45, 7) is 3.97. The lowest BCUT2D eigenvalue weighted by atomic mass is 10.0. The quantitative estimate of drug-likeness (QED) is 0.708. The Kier molecular flexibility index (Phi) is 3.71. The second-order valence-corrected chi connectivity index (χ2v) is 6.51. The molecule has 2 aromatic rings. The molecule has 1 heterocycles. The van der Waals surface area contributed by atoms with Gasteiger partial charge >= 0.3 is 0 Å². The van der Waals surface area contributed by atoms with Crippen LogP contribution in [0.1, 0.15) is 25.7 Å². The molecule has 17 heavy (non-hydrogen) atoms. The summed E-state index contributed by atoms with van der Waals surface area (Å²) in [7, 11) is 0. The number of carbonyl (C=O) groups excluding carboxylic acids is 1. The molecule has 0 aliphatic rings. The van der Waals surface area contributed by atoms with Crippen molar-refractivity contribution >= 4 is 44.7 Å². The Hall–Kier alpha value is -0.640. The average molecular weight is 330 g/mol. The van der Waals surface area contributed by atoms with Gasteiger partial charge in [-0.3, -0.25) is 4.79 Å². The monoisotopic (exact) mass is 328 g/mol. The minimum Gasteiger partial charge on any atom is -0.289 e. The van der Waals surface area contributed by atoms with Gasteiger partial charge in [-0.05, 0) is 54.0 Å². The van der Waals surface area contributed by atoms with Gasteiger partial charge in [0.05, 0.1) is 5.02 Å². The number of aryl methyl sites for hydroxylation is 2. The van der Waals surface area contributed by atoms with Crippen molar-refractivity contribution in [1.29, 1.82) is 0 Å². The molecule has 4 heteroatoms. The lowest BCUT2D eigenvalue weighted by molar-refractivity contribution is 0.103. The van der Waals surface area contributed by atoms with Gasteiger partial charge in [0.15, 0.2) is 5.78 Å². The molecule has 0 saturated carbocycles. The third-order valence-electron chi connectivity index (χ3n) is 2.47. The standard InChI is InChI=1S/C13H10BrClOS/c1-7-5-10(8(2)17-7)13(16)9-3-4-11(14)12(15)6-9/h3-6H,1-2H3. The summed E-state index contributed by atoms with van der Waals surface area (Å²) >= 11 is 10.9. The largest absolute Gasteiger partial charge is 0.289 e. The molecule has 0 fully saturated rings. The first-order valence-corrected chi connectivity index (χ1v) is 7.04. The topological polar surface area (TPSA) is 17.1 Å². The summed E-state index contributed by atoms with van der Waals surface area (Å²) < 4.78 is 0.800. The molecule has 0 aliphatic carbocycles. The first-order chi connectivity index (χ1) is 7.99. The van der Waals surface area contributed by atoms with Crippen LogP contribution in [0.5, 0.6) is 0 Å². The Morgan fingerprint density at radius 3 is 2.53 bits per heavy atom. The zero-order chi connectivity index (χ0) is 12.6. The molecule has 0 amide bonds. The highest BCUT2D eigenvalue weighted by Crippen LogP contribution is 2.27. The molecule has 0 aliphatic heterocycles. The fourth-order valence-electron chi connectivity index (χ4n) is 1.65. The predicted molar refractivity (Wildman–Crippen MR) is 76.4 cm³/mol. The maximum absolute atomic E-state index is 12.3. The zero-order valence-electron chi connectivity index (χ0n) is 9.38. The minimum absolute atomic E-state index is 0.0289. The maximum atomic E-state index is 12.3. The van der Waals surface area contributed by atoms with Crippen LogP contribution in [0.4, 0.5) is 0 Å². The summed E-state index contributed by atoms with van der Waals surface area (Å²) in [5.41, 5.74) is 1.39. The van der Waals surface area contributed by atoms with E-state index < -0.39 is 0 Å². The number of rotatable bonds is 2. The smallest absolute Gasteiger partial charge is 0.194 e. The number of benzene rings is 1. The van der Waals surface area contributed by atoms with Gasteiger partial charge in [-0.1, -0.05) is 11.6 Å². The van der Waals surface area contributed by atoms with Crippen molar-refractivity contribution in [1.82, 2.24) is 0 Å². The summed E-state index contributed by atoms with van der Waals surface area (Å²) in [4.78, 5) is 14.5. The molecule has 88 valence electrons. The molecule has 1 aromatic heterocycles. The Balaban J connectivity index is 2.44. The predicted octanol–water partition coefficient (Wildman–Crippen LogP) is 5.01. The number of carbonyl (C=O) groups is 1. The number of hydrogen-bond acceptors (Lipinski definition) is 2. The van der Waals surface area contributed by atoms with Crippen LogP contribution in [0.25, 0.3) is 0 Å². The van der Waals surface area contributed by atoms with Gasteiger partial charge in [0.25, 0.3) is 0 Å². The molecule has 0 radical (unpaired) electrons. The van der Waals surface area contributed by atoms with Crippen molar-refractivity contribution in [3.05, 3.63) is 54.6 Å². The highest BCUT2D eigenvalue weighted by molar-refractivity contribution is 9.10. The zero-order valence-corrected chi connectivity index (χ0v) is 12.5. The molecular formula is C13H10BrClOS. The van der Waals surface area contributed by atoms with Crippen LogP contribution >= 0.6 is 38.9 Å². The van der Waals surface area contributed by atoms with E-state index in [9.17, 15) is 4.79 Å². The van der Waals surface area contributed by atoms with E-state index in [0.717, 1.165) is 19.8 Å². The lowest BCUT2D eigenvalue weighted by Gasteiger charge is -2.02. The Bertz CT molecular complexity index is 589. The van der Waals surface area contributed by atoms with E-state index in [2.05, 4.69) is 15.9 Å². The van der Waals surface area contributed by atoms with Gasteiger partial charge in [0, 0.05) is 25.4 Å². The van der Waals surface area contributed by atoms with Crippen LogP contribution in [-0.2, 0) is 0 Å². The first kappa shape index (κ1) is 12.8. The normalized spacial score (nSPS) is 10.6. The van der Waals surface area contributed by atoms with Gasteiger partial charge in [-0.25, -0.2) is 0 Å². The van der Waals surface area contributed by atoms with Crippen LogP contribution in [0, 0.1) is 13.8 Å². The molecule has 0 spiro atoms. The van der Waals surface area contributed by atoms with Gasteiger partial charge < -0.3 is 0 Å². The van der Waals surface area contributed by atoms with Gasteiger partial charge in [0.1, 0.15) is 0 Å². The summed E-state index contributed by atoms with van der Waals surface area (Å²) in [6, 6.07) is 7.20. The van der Waals surface area contributed by atoms with Crippen LogP contribution in [-0.4, -0.2) is 5.78 Å². The molecule has 1 aromatic carbocycles. The average Bonchev–Trinajstić information content (AvgIpc) is 2.61. The second-order valence-electron chi connectivity index (χ2n) is 3.78. The number of halogens is 2. The number of thiophene rings is 1. The fourth-order valence-corrected chi connectivity index (χ4v) is 3.00. The third kappa shape index (κ3) is 2.62. The van der Waals surface area contributed by atoms with E-state index >= 15 is 0 Å². The maximum Gasteiger partial charge on any atom is 0.194 e. The molecule has 0 bridgehead atoms. The molecule has 0 atom stereocenters. The van der Waals surface area contributed by atoms with Gasteiger partial charge in [0.2, 0.25) is 0 Å². The van der Waals surface area contributed by atoms with Crippen LogP contribution < -0.4 is 0 Å². The van der Waals surface area contributed by atoms with E-state index in [4.69, 9.17) is 11.6 Å². The SMILES string of the molecule is Cc1cc(C(=O)c2ccc(Br)c(Cl)c2)c(C)s1. The van der Waals surface area contributed by atoms with Crippen LogP contribution in [0.15, 0.2) is 28.7 Å². The van der Waals surface area contributed by atoms with Gasteiger partial charge in [-0.2, -0.15) is 0 Å². The van der Waals surface area contributed by atoms with E-state index in [1.807, 2.05) is 19.9 Å². The Morgan fingerprint density at radius 2 is 2.00 bits per heavy atom. The minimum atomic E-state index is 0.0289. The van der Waals surface area contributed by atoms with Crippen molar-refractivity contribution in [3.8, 4) is 0 Å². The molecule has 0 N–H and O–H groups in total. The molecule has 0 saturated heterocycles. The molecular weight excluding hydrogens is 320 g/mol. The van der Waals surface area contributed by atoms with Crippen molar-refractivity contribution in [3.63, 3.8) is 0 Å². The highest BCUT2D eigenvalue weighted by Gasteiger charge is 2.14. The van der Waals surface area contributed by atoms with E-state index in [1.165, 1.54) is 0 Å². The van der Waals surface area contributed by atoms with Gasteiger partial charge in [-0.15, -0.1) is 11.3 Å². The highest BCUT2D eigenvalue weighted by atomic mass is 79.9. The molecule has 2 rings (SSSR count). The summed E-state index contributed by atoms with van der Waals surface area (Å²) in [5.74, 6) is 0.0289. The molecule has 0 unspecified atom stereocenters. The van der Waals surface area contributed by atoms with Crippen LogP contribution in [0.2, 0.25) is 5.02 Å². The Labute approximate surface area is 118 Å². The number of ketones is 1. The first-order valence-electron chi connectivity index (χ1n) is 5.06. The number of hydrogen-bond donors (Lipinski definition) is 0. The van der Waals surface area contributed by atoms with Crippen molar-refractivity contribution in [2.45, 2.75) is 13.8 Å². The fraction of sp³-hybridized carbons (Fsp3) is 0.154.